The van der Waals surface area contributed by atoms with Gasteiger partial charge in [0.15, 0.2) is 0 Å². The zero-order chi connectivity index (χ0) is 22.4. The van der Waals surface area contributed by atoms with E-state index < -0.39 is 0 Å². The van der Waals surface area contributed by atoms with Crippen LogP contribution in [0, 0.1) is 0 Å². The fourth-order valence-electron chi connectivity index (χ4n) is 4.92. The molecule has 0 radical (unpaired) electrons. The van der Waals surface area contributed by atoms with E-state index >= 15 is 0 Å². The molecule has 0 aliphatic carbocycles. The van der Waals surface area contributed by atoms with Crippen molar-refractivity contribution in [3.8, 4) is 0 Å². The minimum Gasteiger partial charge on any atom is -0.363 e. The maximum Gasteiger partial charge on any atom is 0.227 e. The Hall–Kier alpha value is -2.82. The molecule has 31 heavy (non-hydrogen) atoms. The molecule has 2 heterocycles. The molecule has 1 unspecified atom stereocenters. The first kappa shape index (κ1) is 21.4. The number of rotatable bonds is 3. The molecule has 0 N–H and O–H groups in total. The Morgan fingerprint density at radius 1 is 0.839 bits per heavy atom. The molecular weight excluding hydrogens is 386 g/mol. The molecule has 164 valence electrons. The second-order valence-corrected chi connectivity index (χ2v) is 9.48. The third-order valence-electron chi connectivity index (χ3n) is 6.61. The van der Waals surface area contributed by atoms with Gasteiger partial charge >= 0.3 is 0 Å². The van der Waals surface area contributed by atoms with Gasteiger partial charge < -0.3 is 9.80 Å². The highest BCUT2D eigenvalue weighted by Gasteiger charge is 2.39. The second kappa shape index (κ2) is 8.03. The van der Waals surface area contributed by atoms with Crippen molar-refractivity contribution in [1.82, 2.24) is 4.90 Å². The first-order chi connectivity index (χ1) is 14.7. The van der Waals surface area contributed by atoms with Crippen molar-refractivity contribution in [3.05, 3.63) is 58.7 Å². The summed E-state index contributed by atoms with van der Waals surface area (Å²) in [5, 5.41) is 0. The molecule has 0 spiro atoms. The van der Waals surface area contributed by atoms with Crippen molar-refractivity contribution in [2.45, 2.75) is 72.6 Å². The first-order valence-corrected chi connectivity index (χ1v) is 11.2. The van der Waals surface area contributed by atoms with Crippen LogP contribution in [-0.4, -0.2) is 29.4 Å². The molecule has 2 bridgehead atoms. The van der Waals surface area contributed by atoms with Crippen LogP contribution in [0.15, 0.2) is 36.4 Å². The molecule has 0 fully saturated rings. The number of hydrogen-bond donors (Lipinski definition) is 0. The van der Waals surface area contributed by atoms with Crippen LogP contribution in [0.25, 0.3) is 0 Å². The lowest BCUT2D eigenvalue weighted by Gasteiger charge is -2.38. The number of carbonyl (C=O) groups excluding carboxylic acids is 2. The summed E-state index contributed by atoms with van der Waals surface area (Å²) in [7, 11) is 0. The molecule has 2 aliphatic rings. The van der Waals surface area contributed by atoms with Gasteiger partial charge in [-0.3, -0.25) is 14.5 Å². The predicted octanol–water partition coefficient (Wildman–Crippen LogP) is 4.99. The average Bonchev–Trinajstić information content (AvgIpc) is 2.93. The normalized spacial score (nSPS) is 17.4. The molecule has 2 aliphatic heterocycles. The Morgan fingerprint density at radius 2 is 1.35 bits per heavy atom. The summed E-state index contributed by atoms with van der Waals surface area (Å²) in [6.45, 7) is 13.8. The predicted molar refractivity (Wildman–Crippen MR) is 125 cm³/mol. The third-order valence-corrected chi connectivity index (χ3v) is 6.61. The van der Waals surface area contributed by atoms with E-state index in [2.05, 4.69) is 73.9 Å². The van der Waals surface area contributed by atoms with Crippen molar-refractivity contribution in [2.24, 2.45) is 0 Å². The maximum atomic E-state index is 12.5. The van der Waals surface area contributed by atoms with Gasteiger partial charge in [0.1, 0.15) is 6.17 Å². The Kier molecular flexibility index (Phi) is 5.54. The third kappa shape index (κ3) is 3.82. The molecule has 2 aromatic carbocycles. The van der Waals surface area contributed by atoms with Crippen molar-refractivity contribution in [2.75, 3.05) is 16.3 Å². The minimum atomic E-state index is -0.337. The highest BCUT2D eigenvalue weighted by molar-refractivity contribution is 5.94. The summed E-state index contributed by atoms with van der Waals surface area (Å²) in [6, 6.07) is 13.4. The second-order valence-electron chi connectivity index (χ2n) is 9.48. The zero-order valence-electron chi connectivity index (χ0n) is 19.5. The van der Waals surface area contributed by atoms with Crippen LogP contribution < -0.4 is 9.80 Å². The van der Waals surface area contributed by atoms with Crippen molar-refractivity contribution in [3.63, 3.8) is 0 Å². The average molecular weight is 420 g/mol. The van der Waals surface area contributed by atoms with Gasteiger partial charge in [-0.05, 0) is 46.2 Å². The summed E-state index contributed by atoms with van der Waals surface area (Å²) < 4.78 is 0. The van der Waals surface area contributed by atoms with E-state index in [0.29, 0.717) is 24.9 Å². The number of imide groups is 1. The van der Waals surface area contributed by atoms with E-state index in [9.17, 15) is 9.59 Å². The van der Waals surface area contributed by atoms with Crippen molar-refractivity contribution >= 4 is 23.2 Å². The highest BCUT2D eigenvalue weighted by Crippen LogP contribution is 2.40. The Balaban J connectivity index is 1.89. The molecule has 1 atom stereocenters. The Morgan fingerprint density at radius 3 is 1.87 bits per heavy atom. The van der Waals surface area contributed by atoms with Gasteiger partial charge in [-0.2, -0.15) is 0 Å². The molecule has 2 aromatic rings. The van der Waals surface area contributed by atoms with Crippen molar-refractivity contribution < 1.29 is 9.59 Å². The van der Waals surface area contributed by atoms with E-state index in [-0.39, 0.29) is 18.0 Å². The summed E-state index contributed by atoms with van der Waals surface area (Å²) in [5.41, 5.74) is 7.43. The molecule has 5 nitrogen and oxygen atoms in total. The summed E-state index contributed by atoms with van der Waals surface area (Å²) in [5.74, 6) is 0.471. The van der Waals surface area contributed by atoms with Gasteiger partial charge in [-0.1, -0.05) is 52.0 Å². The quantitative estimate of drug-likeness (QED) is 0.703. The monoisotopic (exact) mass is 419 g/mol. The summed E-state index contributed by atoms with van der Waals surface area (Å²) in [6.07, 6.45) is -0.337. The number of anilines is 2. The Labute approximate surface area is 185 Å². The largest absolute Gasteiger partial charge is 0.363 e. The van der Waals surface area contributed by atoms with Crippen LogP contribution in [0.1, 0.15) is 75.6 Å². The van der Waals surface area contributed by atoms with Crippen LogP contribution in [0.4, 0.5) is 11.4 Å². The number of carbonyl (C=O) groups is 2. The number of hydrogen-bond acceptors (Lipinski definition) is 4. The molecular formula is C26H33N3O2. The van der Waals surface area contributed by atoms with E-state index in [1.165, 1.54) is 46.7 Å². The van der Waals surface area contributed by atoms with Gasteiger partial charge in [0.25, 0.3) is 0 Å². The van der Waals surface area contributed by atoms with Gasteiger partial charge in [0, 0.05) is 38.3 Å². The smallest absolute Gasteiger partial charge is 0.227 e. The van der Waals surface area contributed by atoms with Crippen LogP contribution in [0.2, 0.25) is 0 Å². The fourth-order valence-corrected chi connectivity index (χ4v) is 4.92. The fraction of sp³-hybridized carbons (Fsp3) is 0.462. The molecule has 4 rings (SSSR count). The number of fused-ring (bicyclic) bond motifs is 7. The topological polar surface area (TPSA) is 43.9 Å². The van der Waals surface area contributed by atoms with Crippen LogP contribution in [-0.2, 0) is 22.7 Å². The van der Waals surface area contributed by atoms with Gasteiger partial charge in [-0.25, -0.2) is 0 Å². The maximum absolute atomic E-state index is 12.5. The number of amides is 2. The van der Waals surface area contributed by atoms with E-state index in [1.807, 2.05) is 0 Å². The Bertz CT molecular complexity index is 1010. The number of benzene rings is 2. The standard InChI is InChI=1S/C26H33N3O2/c1-16(2)20-7-9-24-23(12-20)14-28-25-10-8-21(17(3)4)11-22(25)13-27(24)15-26(28)29(18(5)30)19(6)31/h7-12,16-17,26H,13-15H2,1-6H3. The van der Waals surface area contributed by atoms with Gasteiger partial charge in [-0.15, -0.1) is 0 Å². The molecule has 0 saturated heterocycles. The minimum absolute atomic E-state index is 0.210. The van der Waals surface area contributed by atoms with Gasteiger partial charge in [0.05, 0.1) is 6.54 Å². The molecule has 5 heteroatoms. The molecule has 0 aromatic heterocycles. The van der Waals surface area contributed by atoms with Crippen LogP contribution >= 0.6 is 0 Å². The van der Waals surface area contributed by atoms with Gasteiger partial charge in [0.2, 0.25) is 11.8 Å². The lowest BCUT2D eigenvalue weighted by atomic mass is 9.96. The number of nitrogens with zero attached hydrogens (tertiary/aromatic N) is 3. The lowest BCUT2D eigenvalue weighted by molar-refractivity contribution is -0.144. The van der Waals surface area contributed by atoms with Crippen molar-refractivity contribution in [1.29, 1.82) is 0 Å². The highest BCUT2D eigenvalue weighted by atomic mass is 16.2. The molecule has 2 amide bonds. The summed E-state index contributed by atoms with van der Waals surface area (Å²) in [4.78, 5) is 31.1. The SMILES string of the molecule is CC(=O)N(C(C)=O)C1CN2Cc3cc(C(C)C)ccc3N1Cc1cc(C(C)C)ccc12. The van der Waals surface area contributed by atoms with E-state index in [4.69, 9.17) is 0 Å². The lowest BCUT2D eigenvalue weighted by Crippen LogP contribution is -2.55. The van der Waals surface area contributed by atoms with Crippen LogP contribution in [0.3, 0.4) is 0 Å². The first-order valence-electron chi connectivity index (χ1n) is 11.2. The van der Waals surface area contributed by atoms with Crippen LogP contribution in [0.5, 0.6) is 0 Å². The zero-order valence-corrected chi connectivity index (χ0v) is 19.5. The van der Waals surface area contributed by atoms with E-state index in [1.54, 1.807) is 0 Å². The summed E-state index contributed by atoms with van der Waals surface area (Å²) >= 11 is 0. The molecule has 0 saturated carbocycles. The van der Waals surface area contributed by atoms with E-state index in [0.717, 1.165) is 12.2 Å².